The molecule has 2 heteroatoms. The Morgan fingerprint density at radius 2 is 1.15 bits per heavy atom. The van der Waals surface area contributed by atoms with Gasteiger partial charge in [0, 0.05) is 36.3 Å². The van der Waals surface area contributed by atoms with Gasteiger partial charge in [0.15, 0.2) is 0 Å². The van der Waals surface area contributed by atoms with Gasteiger partial charge in [-0.1, -0.05) is 93.7 Å². The van der Waals surface area contributed by atoms with Crippen LogP contribution in [0.1, 0.15) is 186 Å². The van der Waals surface area contributed by atoms with Crippen molar-refractivity contribution >= 4 is 0 Å². The van der Waals surface area contributed by atoms with Crippen LogP contribution in [0.3, 0.4) is 0 Å². The minimum Gasteiger partial charge on any atom is -0.294 e. The Labute approximate surface area is 320 Å². The summed E-state index contributed by atoms with van der Waals surface area (Å²) in [7, 11) is 0. The van der Waals surface area contributed by atoms with E-state index in [1.807, 2.05) is 5.57 Å². The lowest BCUT2D eigenvalue weighted by Gasteiger charge is -2.52. The molecule has 0 N–H and O–H groups in total. The topological polar surface area (TPSA) is 6.48 Å². The molecule has 0 spiro atoms. The number of hydrogen-bond acceptors (Lipinski definition) is 2. The molecule has 0 aromatic heterocycles. The molecule has 288 valence electrons. The Balaban J connectivity index is 0.881. The Bertz CT molecular complexity index is 1270. The first-order chi connectivity index (χ1) is 25.8. The number of hydrogen-bond donors (Lipinski definition) is 0. The van der Waals surface area contributed by atoms with Crippen molar-refractivity contribution in [1.29, 1.82) is 0 Å². The van der Waals surface area contributed by atoms with Crippen molar-refractivity contribution in [2.24, 2.45) is 53.3 Å². The van der Waals surface area contributed by atoms with E-state index in [-0.39, 0.29) is 0 Å². The molecule has 10 rings (SSSR count). The number of likely N-dealkylation sites (tertiary alicyclic amines) is 1. The lowest BCUT2D eigenvalue weighted by Crippen LogP contribution is -2.56. The zero-order valence-electron chi connectivity index (χ0n) is 33.4. The first-order valence-corrected chi connectivity index (χ1v) is 24.3. The van der Waals surface area contributed by atoms with E-state index in [2.05, 4.69) is 40.2 Å². The highest BCUT2D eigenvalue weighted by atomic mass is 15.3. The molecule has 7 fully saturated rings. The van der Waals surface area contributed by atoms with E-state index in [1.165, 1.54) is 128 Å². The third-order valence-corrected chi connectivity index (χ3v) is 18.8. The average molecular weight is 707 g/mol. The highest BCUT2D eigenvalue weighted by Crippen LogP contribution is 2.57. The highest BCUT2D eigenvalue weighted by Gasteiger charge is 2.56. The maximum atomic E-state index is 3.38. The molecule has 2 nitrogen and oxygen atoms in total. The summed E-state index contributed by atoms with van der Waals surface area (Å²) >= 11 is 0. The average Bonchev–Trinajstić information content (AvgIpc) is 3.53. The van der Waals surface area contributed by atoms with E-state index in [4.69, 9.17) is 0 Å². The molecule has 1 heterocycles. The second-order valence-electron chi connectivity index (χ2n) is 21.1. The van der Waals surface area contributed by atoms with Gasteiger partial charge in [0.2, 0.25) is 0 Å². The monoisotopic (exact) mass is 707 g/mol. The molecule has 1 saturated heterocycles. The number of allylic oxidation sites excluding steroid dienone is 5. The Morgan fingerprint density at radius 1 is 0.481 bits per heavy atom. The van der Waals surface area contributed by atoms with Gasteiger partial charge in [0.1, 0.15) is 0 Å². The van der Waals surface area contributed by atoms with Crippen LogP contribution >= 0.6 is 0 Å². The van der Waals surface area contributed by atoms with Crippen molar-refractivity contribution < 1.29 is 0 Å². The van der Waals surface area contributed by atoms with Crippen LogP contribution in [-0.2, 0) is 0 Å². The molecule has 7 unspecified atom stereocenters. The molecule has 0 aromatic rings. The van der Waals surface area contributed by atoms with E-state index < -0.39 is 0 Å². The van der Waals surface area contributed by atoms with Gasteiger partial charge in [-0.15, -0.1) is 0 Å². The van der Waals surface area contributed by atoms with Crippen LogP contribution in [0.25, 0.3) is 0 Å². The molecule has 0 amide bonds. The van der Waals surface area contributed by atoms with Gasteiger partial charge < -0.3 is 0 Å². The third-order valence-electron chi connectivity index (χ3n) is 18.8. The summed E-state index contributed by atoms with van der Waals surface area (Å²) in [4.78, 5) is 6.70. The summed E-state index contributed by atoms with van der Waals surface area (Å²) in [6.07, 6.45) is 56.4. The second-order valence-corrected chi connectivity index (χ2v) is 21.1. The van der Waals surface area contributed by atoms with Crippen LogP contribution in [0.15, 0.2) is 36.0 Å². The van der Waals surface area contributed by atoms with Crippen molar-refractivity contribution in [3.63, 3.8) is 0 Å². The van der Waals surface area contributed by atoms with Crippen molar-refractivity contribution in [3.8, 4) is 0 Å². The highest BCUT2D eigenvalue weighted by molar-refractivity contribution is 5.19. The summed E-state index contributed by atoms with van der Waals surface area (Å²) in [5, 5.41) is 0. The van der Waals surface area contributed by atoms with Crippen molar-refractivity contribution in [1.82, 2.24) is 9.80 Å². The van der Waals surface area contributed by atoms with Crippen LogP contribution in [0.4, 0.5) is 0 Å². The summed E-state index contributed by atoms with van der Waals surface area (Å²) in [5.74, 6) is 8.90. The van der Waals surface area contributed by atoms with Gasteiger partial charge in [-0.2, -0.15) is 0 Å². The van der Waals surface area contributed by atoms with E-state index in [0.29, 0.717) is 0 Å². The smallest absolute Gasteiger partial charge is 0.0148 e. The van der Waals surface area contributed by atoms with Crippen molar-refractivity contribution in [2.45, 2.75) is 222 Å². The Hall–Kier alpha value is -0.860. The molecule has 10 atom stereocenters. The molecule has 52 heavy (non-hydrogen) atoms. The van der Waals surface area contributed by atoms with Crippen LogP contribution < -0.4 is 0 Å². The zero-order valence-corrected chi connectivity index (χ0v) is 33.4. The van der Waals surface area contributed by atoms with Gasteiger partial charge in [-0.3, -0.25) is 9.80 Å². The fourth-order valence-electron chi connectivity index (χ4n) is 16.4. The molecule has 1 aliphatic heterocycles. The summed E-state index contributed by atoms with van der Waals surface area (Å²) in [6.45, 7) is 0. The van der Waals surface area contributed by atoms with Gasteiger partial charge in [0.05, 0.1) is 0 Å². The number of nitrogens with zero attached hydrogens (tertiary/aromatic N) is 2. The molecule has 10 aliphatic rings. The van der Waals surface area contributed by atoms with Gasteiger partial charge in [0.25, 0.3) is 0 Å². The standard InChI is InChI=1S/C50H78N2/c1-3-11-35(12-4-1)37-21-25-44(26-22-37)51(45-27-23-38(24-28-45)42-20-19-36-13-7-8-14-39(36)31-42)46-29-30-47-48-32-40-15-9-10-16-41(40)33-49(48)52(50(47)34-46)43-17-5-2-6-18-43/h2,5,7,13,31,35-41,43-50H,1,3-4,6,8-12,14-30,32-34H2/t36?,37?,38?,39?,40-,41?,43?,44?,45?,46+,47+,48?,49?,50?/m1/s1. The van der Waals surface area contributed by atoms with Crippen LogP contribution in [0, 0.1) is 53.3 Å². The predicted molar refractivity (Wildman–Crippen MR) is 218 cm³/mol. The molecular formula is C50H78N2. The molecule has 0 bridgehead atoms. The maximum Gasteiger partial charge on any atom is 0.0148 e. The fourth-order valence-corrected chi connectivity index (χ4v) is 16.4. The number of fused-ring (bicyclic) bond motifs is 5. The van der Waals surface area contributed by atoms with E-state index in [0.717, 1.165) is 89.5 Å². The van der Waals surface area contributed by atoms with Crippen molar-refractivity contribution in [2.75, 3.05) is 0 Å². The maximum absolute atomic E-state index is 3.38. The first kappa shape index (κ1) is 35.5. The third kappa shape index (κ3) is 7.05. The fraction of sp³-hybridized carbons (Fsp3) is 0.880. The quantitative estimate of drug-likeness (QED) is 0.254. The SMILES string of the molecule is C1=CC2CCC(C3CCC(N(C4CCC(C5CCCCC5)CC4)[C@H]4CC[C@H]5C6C[C@H]7CCCCC7CC6N(C6CC=CCC6)C5C4)CC3)=CC2CC1. The minimum absolute atomic E-state index is 0.837. The lowest BCUT2D eigenvalue weighted by molar-refractivity contribution is -0.0200. The van der Waals surface area contributed by atoms with Gasteiger partial charge in [-0.25, -0.2) is 0 Å². The molecule has 6 saturated carbocycles. The van der Waals surface area contributed by atoms with Crippen LogP contribution in [0.2, 0.25) is 0 Å². The zero-order chi connectivity index (χ0) is 34.4. The van der Waals surface area contributed by atoms with Crippen LogP contribution in [0.5, 0.6) is 0 Å². The van der Waals surface area contributed by atoms with E-state index in [1.54, 1.807) is 57.8 Å². The Morgan fingerprint density at radius 3 is 1.94 bits per heavy atom. The molecule has 0 radical (unpaired) electrons. The van der Waals surface area contributed by atoms with Gasteiger partial charge >= 0.3 is 0 Å². The number of rotatable bonds is 6. The van der Waals surface area contributed by atoms with Crippen molar-refractivity contribution in [3.05, 3.63) is 36.0 Å². The predicted octanol–water partition coefficient (Wildman–Crippen LogP) is 12.8. The van der Waals surface area contributed by atoms with E-state index >= 15 is 0 Å². The first-order valence-electron chi connectivity index (χ1n) is 24.3. The minimum atomic E-state index is 0.837. The summed E-state index contributed by atoms with van der Waals surface area (Å²) in [6, 6.07) is 5.23. The largest absolute Gasteiger partial charge is 0.294 e. The molecular weight excluding hydrogens is 629 g/mol. The lowest BCUT2D eigenvalue weighted by atomic mass is 9.62. The molecule has 0 aromatic carbocycles. The van der Waals surface area contributed by atoms with E-state index in [9.17, 15) is 0 Å². The summed E-state index contributed by atoms with van der Waals surface area (Å²) < 4.78 is 0. The molecule has 9 aliphatic carbocycles. The Kier molecular flexibility index (Phi) is 10.9. The normalized spacial score (nSPS) is 47.3. The van der Waals surface area contributed by atoms with Crippen LogP contribution in [-0.4, -0.2) is 46.1 Å². The second kappa shape index (κ2) is 15.9. The van der Waals surface area contributed by atoms with Gasteiger partial charge in [-0.05, 0) is 182 Å². The summed E-state index contributed by atoms with van der Waals surface area (Å²) in [5.41, 5.74) is 1.90.